The lowest BCUT2D eigenvalue weighted by atomic mass is 9.94. The number of aryl methyl sites for hydroxylation is 1. The van der Waals surface area contributed by atoms with E-state index >= 15 is 8.78 Å². The van der Waals surface area contributed by atoms with Crippen LogP contribution < -0.4 is 19.9 Å². The molecule has 11 nitrogen and oxygen atoms in total. The highest BCUT2D eigenvalue weighted by Crippen LogP contribution is 2.40. The van der Waals surface area contributed by atoms with E-state index in [4.69, 9.17) is 24.2 Å². The molecule has 0 radical (unpaired) electrons. The zero-order valence-corrected chi connectivity index (χ0v) is 28.2. The Balaban J connectivity index is 1.47. The number of nitrogens with one attached hydrogen (secondary N) is 1. The average Bonchev–Trinajstić information content (AvgIpc) is 3.00. The standard InChI is InChI=1S/C35H42F2N6O5/c1-7-23-26(36)10-9-20-13-22(47-19-46-6)14-24(27(20)23)29-28(37)30-25(15-38-29)31(42-12-8-11-35(5,45)18-42)41-32(40-30)43-16-21(17-43)39-33(44)48-34(2,3)4/h9-10,13-15,21,45H,7-8,11-12,16-19H2,1-6H3,(H,39,44)/t35-/m1/s1. The van der Waals surface area contributed by atoms with Gasteiger partial charge in [0.2, 0.25) is 5.95 Å². The number of methoxy groups -OCH3 is 1. The summed E-state index contributed by atoms with van der Waals surface area (Å²) in [5, 5.41) is 15.4. The van der Waals surface area contributed by atoms with Gasteiger partial charge in [-0.25, -0.2) is 18.6 Å². The molecular formula is C35H42F2N6O5. The van der Waals surface area contributed by atoms with Crippen LogP contribution in [0.3, 0.4) is 0 Å². The summed E-state index contributed by atoms with van der Waals surface area (Å²) in [4.78, 5) is 30.3. The van der Waals surface area contributed by atoms with Crippen molar-refractivity contribution < 1.29 is 32.9 Å². The van der Waals surface area contributed by atoms with E-state index < -0.39 is 28.9 Å². The molecule has 0 unspecified atom stereocenters. The lowest BCUT2D eigenvalue weighted by Gasteiger charge is -2.41. The molecule has 0 aliphatic carbocycles. The summed E-state index contributed by atoms with van der Waals surface area (Å²) in [6, 6.07) is 6.23. The predicted molar refractivity (Wildman–Crippen MR) is 180 cm³/mol. The van der Waals surface area contributed by atoms with Gasteiger partial charge in [0.15, 0.2) is 12.6 Å². The second-order valence-corrected chi connectivity index (χ2v) is 13.8. The Morgan fingerprint density at radius 3 is 2.62 bits per heavy atom. The summed E-state index contributed by atoms with van der Waals surface area (Å²) in [5.41, 5.74) is -0.756. The van der Waals surface area contributed by atoms with Crippen LogP contribution in [0.15, 0.2) is 30.5 Å². The monoisotopic (exact) mass is 664 g/mol. The molecule has 2 aliphatic rings. The molecule has 0 spiro atoms. The van der Waals surface area contributed by atoms with Crippen molar-refractivity contribution in [2.75, 3.05) is 49.9 Å². The smallest absolute Gasteiger partial charge is 0.407 e. The molecule has 2 N–H and O–H groups in total. The molecule has 2 saturated heterocycles. The summed E-state index contributed by atoms with van der Waals surface area (Å²) < 4.78 is 48.3. The molecule has 4 aromatic rings. The molecule has 1 atom stereocenters. The minimum absolute atomic E-state index is 0.00927. The van der Waals surface area contributed by atoms with Gasteiger partial charge in [-0.15, -0.1) is 0 Å². The number of aliphatic hydroxyl groups is 1. The van der Waals surface area contributed by atoms with Crippen LogP contribution in [0, 0.1) is 11.6 Å². The Morgan fingerprint density at radius 1 is 1.17 bits per heavy atom. The van der Waals surface area contributed by atoms with Crippen molar-refractivity contribution in [3.63, 3.8) is 0 Å². The van der Waals surface area contributed by atoms with E-state index in [-0.39, 0.29) is 30.0 Å². The molecule has 2 aromatic heterocycles. The number of nitrogens with zero attached hydrogens (tertiary/aromatic N) is 5. The Bertz CT molecular complexity index is 1860. The molecule has 6 rings (SSSR count). The van der Waals surface area contributed by atoms with Crippen LogP contribution in [0.2, 0.25) is 0 Å². The third-order valence-corrected chi connectivity index (χ3v) is 8.61. The highest BCUT2D eigenvalue weighted by molar-refractivity contribution is 6.02. The third kappa shape index (κ3) is 6.79. The van der Waals surface area contributed by atoms with E-state index in [9.17, 15) is 9.90 Å². The van der Waals surface area contributed by atoms with Crippen molar-refractivity contribution in [2.24, 2.45) is 0 Å². The summed E-state index contributed by atoms with van der Waals surface area (Å²) >= 11 is 0. The maximum atomic E-state index is 17.0. The number of aromatic nitrogens is 3. The maximum Gasteiger partial charge on any atom is 0.407 e. The van der Waals surface area contributed by atoms with Gasteiger partial charge in [0.25, 0.3) is 0 Å². The highest BCUT2D eigenvalue weighted by atomic mass is 19.1. The number of ether oxygens (including phenoxy) is 3. The Hall–Kier alpha value is -4.36. The number of amides is 1. The SMILES string of the molecule is CCc1c(F)ccc2cc(OCOC)cc(-c3ncc4c(N5CCC[C@@](C)(O)C5)nc(N5CC(NC(=O)OC(C)(C)C)C5)nc4c3F)c12. The lowest BCUT2D eigenvalue weighted by Crippen LogP contribution is -2.60. The van der Waals surface area contributed by atoms with Gasteiger partial charge in [-0.1, -0.05) is 13.0 Å². The lowest BCUT2D eigenvalue weighted by molar-refractivity contribution is 0.0447. The van der Waals surface area contributed by atoms with Gasteiger partial charge < -0.3 is 34.4 Å². The van der Waals surface area contributed by atoms with Gasteiger partial charge in [-0.3, -0.25) is 4.98 Å². The van der Waals surface area contributed by atoms with Crippen LogP contribution in [0.1, 0.15) is 53.0 Å². The van der Waals surface area contributed by atoms with Crippen molar-refractivity contribution in [3.8, 4) is 17.0 Å². The summed E-state index contributed by atoms with van der Waals surface area (Å²) in [6.45, 7) is 10.7. The van der Waals surface area contributed by atoms with Crippen LogP contribution >= 0.6 is 0 Å². The fourth-order valence-corrected chi connectivity index (χ4v) is 6.44. The average molecular weight is 665 g/mol. The van der Waals surface area contributed by atoms with Crippen LogP contribution in [0.5, 0.6) is 5.75 Å². The number of carbonyl (C=O) groups is 1. The van der Waals surface area contributed by atoms with Gasteiger partial charge in [0, 0.05) is 45.0 Å². The second kappa shape index (κ2) is 12.9. The summed E-state index contributed by atoms with van der Waals surface area (Å²) in [6.07, 6.45) is 2.75. The third-order valence-electron chi connectivity index (χ3n) is 8.61. The fraction of sp³-hybridized carbons (Fsp3) is 0.486. The molecule has 256 valence electrons. The number of carbonyl (C=O) groups excluding carboxylic acids is 1. The number of rotatable bonds is 8. The Kier molecular flexibility index (Phi) is 9.03. The van der Waals surface area contributed by atoms with Gasteiger partial charge in [-0.05, 0) is 81.5 Å². The first-order valence-corrected chi connectivity index (χ1v) is 16.2. The first kappa shape index (κ1) is 33.5. The fourth-order valence-electron chi connectivity index (χ4n) is 6.44. The molecule has 2 aliphatic heterocycles. The molecular weight excluding hydrogens is 622 g/mol. The van der Waals surface area contributed by atoms with Crippen LogP contribution in [-0.2, 0) is 15.9 Å². The quantitative estimate of drug-likeness (QED) is 0.226. The Labute approximate surface area is 278 Å². The summed E-state index contributed by atoms with van der Waals surface area (Å²) in [7, 11) is 1.50. The number of hydrogen-bond donors (Lipinski definition) is 2. The number of halogens is 2. The van der Waals surface area contributed by atoms with Crippen molar-refractivity contribution >= 4 is 39.5 Å². The van der Waals surface area contributed by atoms with Crippen LogP contribution in [0.4, 0.5) is 25.3 Å². The summed E-state index contributed by atoms with van der Waals surface area (Å²) in [5.74, 6) is 0.0659. The number of piperidine rings is 1. The van der Waals surface area contributed by atoms with E-state index in [1.54, 1.807) is 52.1 Å². The normalized spacial score (nSPS) is 18.7. The zero-order chi connectivity index (χ0) is 34.4. The number of β-amino-alcohol motifs (C(OH)–C–C–N with tert-alkyl or cyclic N) is 1. The molecule has 0 bridgehead atoms. The van der Waals surface area contributed by atoms with E-state index in [2.05, 4.69) is 10.3 Å². The molecule has 1 amide bonds. The molecule has 0 saturated carbocycles. The van der Waals surface area contributed by atoms with Gasteiger partial charge in [-0.2, -0.15) is 4.98 Å². The Morgan fingerprint density at radius 2 is 1.94 bits per heavy atom. The van der Waals surface area contributed by atoms with Gasteiger partial charge >= 0.3 is 6.09 Å². The zero-order valence-electron chi connectivity index (χ0n) is 28.2. The number of pyridine rings is 1. The van der Waals surface area contributed by atoms with Crippen molar-refractivity contribution in [3.05, 3.63) is 47.7 Å². The van der Waals surface area contributed by atoms with Gasteiger partial charge in [0.1, 0.15) is 34.2 Å². The number of fused-ring (bicyclic) bond motifs is 2. The molecule has 48 heavy (non-hydrogen) atoms. The molecule has 2 aromatic carbocycles. The predicted octanol–water partition coefficient (Wildman–Crippen LogP) is 5.73. The number of alkyl carbamates (subject to hydrolysis) is 1. The van der Waals surface area contributed by atoms with E-state index in [1.165, 1.54) is 13.2 Å². The maximum absolute atomic E-state index is 17.0. The van der Waals surface area contributed by atoms with E-state index in [1.807, 2.05) is 16.7 Å². The minimum atomic E-state index is -0.955. The number of benzene rings is 2. The minimum Gasteiger partial charge on any atom is -0.468 e. The number of hydrogen-bond acceptors (Lipinski definition) is 10. The van der Waals surface area contributed by atoms with Gasteiger partial charge in [0.05, 0.1) is 17.0 Å². The van der Waals surface area contributed by atoms with Crippen LogP contribution in [-0.4, -0.2) is 83.5 Å². The highest BCUT2D eigenvalue weighted by Gasteiger charge is 2.35. The molecule has 4 heterocycles. The first-order valence-electron chi connectivity index (χ1n) is 16.2. The van der Waals surface area contributed by atoms with Crippen LogP contribution in [0.25, 0.3) is 32.9 Å². The number of anilines is 2. The van der Waals surface area contributed by atoms with Crippen molar-refractivity contribution in [1.29, 1.82) is 0 Å². The topological polar surface area (TPSA) is 122 Å². The second-order valence-electron chi connectivity index (χ2n) is 13.8. The first-order chi connectivity index (χ1) is 22.8. The van der Waals surface area contributed by atoms with E-state index in [0.717, 1.165) is 6.42 Å². The van der Waals surface area contributed by atoms with Crippen molar-refractivity contribution in [1.82, 2.24) is 20.3 Å². The van der Waals surface area contributed by atoms with E-state index in [0.29, 0.717) is 77.9 Å². The largest absolute Gasteiger partial charge is 0.468 e. The molecule has 2 fully saturated rings. The van der Waals surface area contributed by atoms with Crippen molar-refractivity contribution in [2.45, 2.75) is 71.1 Å². The molecule has 13 heteroatoms.